The van der Waals surface area contributed by atoms with E-state index >= 15 is 0 Å². The van der Waals surface area contributed by atoms with Crippen molar-refractivity contribution < 1.29 is 19.0 Å². The molecule has 2 aromatic rings. The zero-order chi connectivity index (χ0) is 19.5. The Bertz CT molecular complexity index is 778. The van der Waals surface area contributed by atoms with Gasteiger partial charge in [-0.15, -0.1) is 0 Å². The lowest BCUT2D eigenvalue weighted by atomic mass is 10.2. The van der Waals surface area contributed by atoms with Gasteiger partial charge in [-0.1, -0.05) is 18.2 Å². The van der Waals surface area contributed by atoms with Crippen molar-refractivity contribution in [3.05, 3.63) is 53.6 Å². The van der Waals surface area contributed by atoms with Crippen LogP contribution in [-0.4, -0.2) is 32.1 Å². The van der Waals surface area contributed by atoms with Crippen LogP contribution in [-0.2, 0) is 0 Å². The summed E-state index contributed by atoms with van der Waals surface area (Å²) in [6.45, 7) is 5.49. The third-order valence-corrected chi connectivity index (χ3v) is 3.55. The van der Waals surface area contributed by atoms with Crippen molar-refractivity contribution in [1.82, 2.24) is 5.43 Å². The topological polar surface area (TPSA) is 95.2 Å². The first kappa shape index (κ1) is 20.1. The van der Waals surface area contributed by atoms with E-state index in [1.54, 1.807) is 12.1 Å². The minimum atomic E-state index is -0.718. The van der Waals surface area contributed by atoms with Gasteiger partial charge in [0.2, 0.25) is 0 Å². The maximum absolute atomic E-state index is 10.6. The highest BCUT2D eigenvalue weighted by Crippen LogP contribution is 2.28. The van der Waals surface area contributed by atoms with E-state index < -0.39 is 6.03 Å². The van der Waals surface area contributed by atoms with E-state index in [4.69, 9.17) is 19.9 Å². The monoisotopic (exact) mass is 371 g/mol. The van der Waals surface area contributed by atoms with Gasteiger partial charge in [0.25, 0.3) is 0 Å². The Morgan fingerprint density at radius 3 is 2.52 bits per heavy atom. The Morgan fingerprint density at radius 2 is 1.81 bits per heavy atom. The number of carbonyl (C=O) groups is 1. The molecule has 144 valence electrons. The van der Waals surface area contributed by atoms with Crippen molar-refractivity contribution in [2.24, 2.45) is 10.8 Å². The Balaban J connectivity index is 1.86. The third kappa shape index (κ3) is 6.89. The van der Waals surface area contributed by atoms with Crippen LogP contribution in [0.3, 0.4) is 0 Å². The molecule has 0 atom stereocenters. The quantitative estimate of drug-likeness (QED) is 0.381. The number of rotatable bonds is 10. The van der Waals surface area contributed by atoms with Gasteiger partial charge < -0.3 is 19.9 Å². The van der Waals surface area contributed by atoms with Crippen LogP contribution in [0.25, 0.3) is 0 Å². The van der Waals surface area contributed by atoms with Crippen molar-refractivity contribution in [2.45, 2.75) is 20.3 Å². The number of hydrogen-bond acceptors (Lipinski definition) is 5. The van der Waals surface area contributed by atoms with Crippen molar-refractivity contribution in [1.29, 1.82) is 0 Å². The molecule has 2 rings (SSSR count). The van der Waals surface area contributed by atoms with Gasteiger partial charge in [-0.3, -0.25) is 0 Å². The molecule has 3 N–H and O–H groups in total. The normalized spacial score (nSPS) is 10.6. The second-order valence-electron chi connectivity index (χ2n) is 5.69. The molecule has 0 heterocycles. The fourth-order valence-electron chi connectivity index (χ4n) is 2.30. The summed E-state index contributed by atoms with van der Waals surface area (Å²) in [5.41, 5.74) is 8.98. The maximum atomic E-state index is 10.6. The fraction of sp³-hybridized carbons (Fsp3) is 0.300. The highest BCUT2D eigenvalue weighted by atomic mass is 16.5. The molecule has 0 aliphatic heterocycles. The highest BCUT2D eigenvalue weighted by Gasteiger charge is 2.06. The Morgan fingerprint density at radius 1 is 1.07 bits per heavy atom. The SMILES string of the molecule is CCOc1cc(C=NNC(N)=O)ccc1OCCCOc1ccccc1C. The number of nitrogens with one attached hydrogen (secondary N) is 1. The molecule has 0 radical (unpaired) electrons. The average Bonchev–Trinajstić information content (AvgIpc) is 2.64. The number of carbonyl (C=O) groups excluding carboxylic acids is 1. The van der Waals surface area contributed by atoms with E-state index in [1.807, 2.05) is 44.2 Å². The predicted molar refractivity (Wildman–Crippen MR) is 105 cm³/mol. The number of amides is 2. The number of aryl methyl sites for hydroxylation is 1. The fourth-order valence-corrected chi connectivity index (χ4v) is 2.30. The van der Waals surface area contributed by atoms with Crippen molar-refractivity contribution >= 4 is 12.2 Å². The summed E-state index contributed by atoms with van der Waals surface area (Å²) in [6, 6.07) is 12.6. The van der Waals surface area contributed by atoms with Crippen LogP contribution in [0.5, 0.6) is 17.2 Å². The lowest BCUT2D eigenvalue weighted by Gasteiger charge is -2.13. The predicted octanol–water partition coefficient (Wildman–Crippen LogP) is 3.24. The Labute approximate surface area is 159 Å². The zero-order valence-electron chi connectivity index (χ0n) is 15.6. The third-order valence-electron chi connectivity index (χ3n) is 3.55. The summed E-state index contributed by atoms with van der Waals surface area (Å²) in [4.78, 5) is 10.6. The molecule has 2 aromatic carbocycles. The molecule has 0 spiro atoms. The number of nitrogens with zero attached hydrogens (tertiary/aromatic N) is 1. The van der Waals surface area contributed by atoms with Gasteiger partial charge in [0.15, 0.2) is 11.5 Å². The molecule has 2 amide bonds. The molecule has 0 bridgehead atoms. The van der Waals surface area contributed by atoms with Crippen LogP contribution in [0.4, 0.5) is 4.79 Å². The number of urea groups is 1. The van der Waals surface area contributed by atoms with Gasteiger partial charge in [-0.25, -0.2) is 10.2 Å². The van der Waals surface area contributed by atoms with Gasteiger partial charge in [0, 0.05) is 6.42 Å². The minimum absolute atomic E-state index is 0.503. The van der Waals surface area contributed by atoms with E-state index in [-0.39, 0.29) is 0 Å². The van der Waals surface area contributed by atoms with Crippen LogP contribution < -0.4 is 25.4 Å². The van der Waals surface area contributed by atoms with Crippen molar-refractivity contribution in [3.8, 4) is 17.2 Å². The van der Waals surface area contributed by atoms with Crippen LogP contribution in [0.15, 0.2) is 47.6 Å². The summed E-state index contributed by atoms with van der Waals surface area (Å²) in [6.07, 6.45) is 2.22. The minimum Gasteiger partial charge on any atom is -0.493 e. The van der Waals surface area contributed by atoms with Crippen LogP contribution in [0, 0.1) is 6.92 Å². The van der Waals surface area contributed by atoms with Crippen molar-refractivity contribution in [3.63, 3.8) is 0 Å². The van der Waals surface area contributed by atoms with Crippen LogP contribution >= 0.6 is 0 Å². The number of ether oxygens (including phenoxy) is 3. The summed E-state index contributed by atoms with van der Waals surface area (Å²) in [5.74, 6) is 2.15. The Kier molecular flexibility index (Phi) is 7.96. The number of primary amides is 1. The first-order chi connectivity index (χ1) is 13.1. The smallest absolute Gasteiger partial charge is 0.332 e. The molecule has 0 fully saturated rings. The molecule has 27 heavy (non-hydrogen) atoms. The molecule has 0 aromatic heterocycles. The van der Waals surface area contributed by atoms with Gasteiger partial charge in [-0.2, -0.15) is 5.10 Å². The molecule has 0 unspecified atom stereocenters. The van der Waals surface area contributed by atoms with Crippen LogP contribution in [0.1, 0.15) is 24.5 Å². The standard InChI is InChI=1S/C20H25N3O4/c1-3-25-19-13-16(14-22-23-20(21)24)9-10-18(19)27-12-6-11-26-17-8-5-4-7-15(17)2/h4-5,7-10,13-14H,3,6,11-12H2,1-2H3,(H3,21,23,24). The molecular weight excluding hydrogens is 346 g/mol. The molecule has 7 nitrogen and oxygen atoms in total. The summed E-state index contributed by atoms with van der Waals surface area (Å²) < 4.78 is 17.2. The number of para-hydroxylation sites is 1. The van der Waals surface area contributed by atoms with E-state index in [1.165, 1.54) is 6.21 Å². The average molecular weight is 371 g/mol. The molecule has 0 saturated heterocycles. The zero-order valence-corrected chi connectivity index (χ0v) is 15.6. The van der Waals surface area contributed by atoms with Gasteiger partial charge in [0.05, 0.1) is 26.0 Å². The highest BCUT2D eigenvalue weighted by molar-refractivity contribution is 5.82. The largest absolute Gasteiger partial charge is 0.493 e. The van der Waals surface area contributed by atoms with Gasteiger partial charge in [0.1, 0.15) is 5.75 Å². The number of benzene rings is 2. The second kappa shape index (κ2) is 10.7. The van der Waals surface area contributed by atoms with Crippen LogP contribution in [0.2, 0.25) is 0 Å². The van der Waals surface area contributed by atoms with Gasteiger partial charge >= 0.3 is 6.03 Å². The lowest BCUT2D eigenvalue weighted by molar-refractivity contribution is 0.235. The van der Waals surface area contributed by atoms with E-state index in [9.17, 15) is 4.79 Å². The lowest BCUT2D eigenvalue weighted by Crippen LogP contribution is -2.24. The van der Waals surface area contributed by atoms with Crippen molar-refractivity contribution in [2.75, 3.05) is 19.8 Å². The number of nitrogens with two attached hydrogens (primary N) is 1. The second-order valence-corrected chi connectivity index (χ2v) is 5.69. The summed E-state index contributed by atoms with van der Waals surface area (Å²) >= 11 is 0. The number of hydrazone groups is 1. The number of hydrogen-bond donors (Lipinski definition) is 2. The van der Waals surface area contributed by atoms with E-state index in [0.29, 0.717) is 31.3 Å². The molecule has 0 aliphatic rings. The summed E-state index contributed by atoms with van der Waals surface area (Å²) in [5, 5.41) is 3.73. The van der Waals surface area contributed by atoms with Gasteiger partial charge in [-0.05, 0) is 49.2 Å². The molecular formula is C20H25N3O4. The first-order valence-electron chi connectivity index (χ1n) is 8.76. The molecule has 0 aliphatic carbocycles. The molecule has 7 heteroatoms. The first-order valence-corrected chi connectivity index (χ1v) is 8.76. The maximum Gasteiger partial charge on any atom is 0.332 e. The Hall–Kier alpha value is -3.22. The summed E-state index contributed by atoms with van der Waals surface area (Å²) in [7, 11) is 0. The van der Waals surface area contributed by atoms with E-state index in [0.717, 1.165) is 23.3 Å². The van der Waals surface area contributed by atoms with E-state index in [2.05, 4.69) is 10.5 Å². The molecule has 0 saturated carbocycles.